The number of hydrogen-bond donors (Lipinski definition) is 2. The van der Waals surface area contributed by atoms with E-state index in [0.717, 1.165) is 0 Å². The van der Waals surface area contributed by atoms with E-state index in [1.807, 2.05) is 0 Å². The maximum Gasteiger partial charge on any atom is 0.306 e. The van der Waals surface area contributed by atoms with Gasteiger partial charge in [-0.25, -0.2) is 0 Å². The third-order valence-electron chi connectivity index (χ3n) is 2.85. The van der Waals surface area contributed by atoms with Gasteiger partial charge in [-0.3, -0.25) is 9.59 Å². The molecule has 16 heavy (non-hydrogen) atoms. The normalized spacial score (nSPS) is 24.2. The lowest BCUT2D eigenvalue weighted by atomic mass is 10.0. The fourth-order valence-electron chi connectivity index (χ4n) is 1.95. The van der Waals surface area contributed by atoms with Gasteiger partial charge in [0.05, 0.1) is 12.1 Å². The molecule has 6 heteroatoms. The number of amides is 1. The van der Waals surface area contributed by atoms with Crippen molar-refractivity contribution < 1.29 is 19.2 Å². The zero-order valence-electron chi connectivity index (χ0n) is 8.55. The minimum absolute atomic E-state index is 0.160. The molecule has 2 unspecified atom stereocenters. The van der Waals surface area contributed by atoms with Gasteiger partial charge in [-0.05, 0) is 19.3 Å². The van der Waals surface area contributed by atoms with E-state index in [0.29, 0.717) is 24.9 Å². The van der Waals surface area contributed by atoms with Crippen LogP contribution >= 0.6 is 0 Å². The molecule has 86 valence electrons. The maximum absolute atomic E-state index is 11.7. The van der Waals surface area contributed by atoms with Crippen molar-refractivity contribution in [2.45, 2.75) is 19.3 Å². The number of carbonyl (C=O) groups is 2. The highest BCUT2D eigenvalue weighted by atomic mass is 16.5. The van der Waals surface area contributed by atoms with Gasteiger partial charge in [0.2, 0.25) is 5.91 Å². The molecule has 0 aliphatic heterocycles. The second-order valence-corrected chi connectivity index (χ2v) is 3.95. The Kier molecular flexibility index (Phi) is 2.89. The number of aliphatic carboxylic acids is 1. The fourth-order valence-corrected chi connectivity index (χ4v) is 1.95. The topological polar surface area (TPSA) is 92.4 Å². The van der Waals surface area contributed by atoms with Crippen LogP contribution in [0.15, 0.2) is 17.0 Å². The van der Waals surface area contributed by atoms with Crippen LogP contribution in [0.5, 0.6) is 0 Å². The summed E-state index contributed by atoms with van der Waals surface area (Å²) in [7, 11) is 0. The van der Waals surface area contributed by atoms with E-state index in [-0.39, 0.29) is 11.8 Å². The molecule has 1 aliphatic rings. The van der Waals surface area contributed by atoms with Crippen molar-refractivity contribution in [3.05, 3.63) is 12.5 Å². The standard InChI is InChI=1S/C10H12N2O4/c13-9(12-8-4-11-16-5-8)6-1-2-7(3-6)10(14)15/h4-7H,1-3H2,(H,12,13)(H,14,15). The number of anilines is 1. The summed E-state index contributed by atoms with van der Waals surface area (Å²) in [5.41, 5.74) is 0.503. The molecule has 2 rings (SSSR count). The van der Waals surface area contributed by atoms with Crippen molar-refractivity contribution >= 4 is 17.6 Å². The van der Waals surface area contributed by atoms with E-state index in [9.17, 15) is 9.59 Å². The molecule has 0 spiro atoms. The number of hydrogen-bond acceptors (Lipinski definition) is 4. The molecular weight excluding hydrogens is 212 g/mol. The van der Waals surface area contributed by atoms with Gasteiger partial charge in [0.15, 0.2) is 0 Å². The minimum atomic E-state index is -0.819. The number of carboxylic acid groups (broad SMARTS) is 1. The first kappa shape index (κ1) is 10.7. The number of nitrogens with zero attached hydrogens (tertiary/aromatic N) is 1. The van der Waals surface area contributed by atoms with Crippen molar-refractivity contribution in [3.8, 4) is 0 Å². The first-order chi connectivity index (χ1) is 7.66. The van der Waals surface area contributed by atoms with E-state index in [4.69, 9.17) is 5.11 Å². The minimum Gasteiger partial charge on any atom is -0.481 e. The van der Waals surface area contributed by atoms with Crippen LogP contribution in [0.4, 0.5) is 5.69 Å². The molecule has 1 aromatic rings. The van der Waals surface area contributed by atoms with E-state index in [2.05, 4.69) is 15.0 Å². The third-order valence-corrected chi connectivity index (χ3v) is 2.85. The van der Waals surface area contributed by atoms with E-state index in [1.54, 1.807) is 0 Å². The van der Waals surface area contributed by atoms with E-state index >= 15 is 0 Å². The van der Waals surface area contributed by atoms with Gasteiger partial charge in [-0.15, -0.1) is 0 Å². The van der Waals surface area contributed by atoms with Crippen LogP contribution in [0.3, 0.4) is 0 Å². The molecule has 1 aliphatic carbocycles. The van der Waals surface area contributed by atoms with Crippen LogP contribution in [0.25, 0.3) is 0 Å². The molecule has 2 N–H and O–H groups in total. The average molecular weight is 224 g/mol. The highest BCUT2D eigenvalue weighted by molar-refractivity contribution is 5.92. The van der Waals surface area contributed by atoms with Crippen LogP contribution in [0.2, 0.25) is 0 Å². The lowest BCUT2D eigenvalue weighted by Gasteiger charge is -2.08. The molecule has 1 aromatic heterocycles. The SMILES string of the molecule is O=C(O)C1CCC(C(=O)Nc2cnoc2)C1. The monoisotopic (exact) mass is 224 g/mol. The Bertz CT molecular complexity index is 388. The van der Waals surface area contributed by atoms with Crippen molar-refractivity contribution in [2.75, 3.05) is 5.32 Å². The van der Waals surface area contributed by atoms with E-state index < -0.39 is 11.9 Å². The van der Waals surface area contributed by atoms with Crippen molar-refractivity contribution in [1.29, 1.82) is 0 Å². The predicted molar refractivity (Wildman–Crippen MR) is 53.6 cm³/mol. The summed E-state index contributed by atoms with van der Waals surface area (Å²) in [4.78, 5) is 22.4. The first-order valence-corrected chi connectivity index (χ1v) is 5.10. The van der Waals surface area contributed by atoms with Gasteiger partial charge in [0.25, 0.3) is 0 Å². The summed E-state index contributed by atoms with van der Waals surface area (Å²) in [6.45, 7) is 0. The summed E-state index contributed by atoms with van der Waals surface area (Å²) in [5.74, 6) is -1.60. The molecule has 1 saturated carbocycles. The molecule has 0 bridgehead atoms. The lowest BCUT2D eigenvalue weighted by molar-refractivity contribution is -0.141. The largest absolute Gasteiger partial charge is 0.481 e. The van der Waals surface area contributed by atoms with Crippen molar-refractivity contribution in [2.24, 2.45) is 11.8 Å². The molecule has 2 atom stereocenters. The van der Waals surface area contributed by atoms with Gasteiger partial charge in [0, 0.05) is 5.92 Å². The highest BCUT2D eigenvalue weighted by Gasteiger charge is 2.33. The Morgan fingerprint density at radius 2 is 2.19 bits per heavy atom. The number of carbonyl (C=O) groups excluding carboxylic acids is 1. The summed E-state index contributed by atoms with van der Waals surface area (Å²) < 4.78 is 4.58. The second-order valence-electron chi connectivity index (χ2n) is 3.95. The summed E-state index contributed by atoms with van der Waals surface area (Å²) in [5, 5.41) is 14.9. The zero-order chi connectivity index (χ0) is 11.5. The number of nitrogens with one attached hydrogen (secondary N) is 1. The van der Waals surface area contributed by atoms with Gasteiger partial charge in [0.1, 0.15) is 12.0 Å². The summed E-state index contributed by atoms with van der Waals surface area (Å²) >= 11 is 0. The zero-order valence-corrected chi connectivity index (χ0v) is 8.55. The van der Waals surface area contributed by atoms with Gasteiger partial charge < -0.3 is 14.9 Å². The molecule has 0 aromatic carbocycles. The Hall–Kier alpha value is -1.85. The Labute approximate surface area is 91.6 Å². The first-order valence-electron chi connectivity index (χ1n) is 5.10. The van der Waals surface area contributed by atoms with Crippen LogP contribution in [-0.2, 0) is 9.59 Å². The Morgan fingerprint density at radius 1 is 1.44 bits per heavy atom. The Morgan fingerprint density at radius 3 is 2.75 bits per heavy atom. The van der Waals surface area contributed by atoms with Crippen molar-refractivity contribution in [1.82, 2.24) is 5.16 Å². The quantitative estimate of drug-likeness (QED) is 0.802. The summed E-state index contributed by atoms with van der Waals surface area (Å²) in [6.07, 6.45) is 4.33. The number of aromatic nitrogens is 1. The molecule has 1 amide bonds. The third kappa shape index (κ3) is 2.21. The highest BCUT2D eigenvalue weighted by Crippen LogP contribution is 2.31. The predicted octanol–water partition coefficient (Wildman–Crippen LogP) is 1.11. The van der Waals surface area contributed by atoms with Crippen LogP contribution in [0, 0.1) is 11.8 Å². The lowest BCUT2D eigenvalue weighted by Crippen LogP contribution is -2.21. The van der Waals surface area contributed by atoms with Gasteiger partial charge >= 0.3 is 5.97 Å². The smallest absolute Gasteiger partial charge is 0.306 e. The molecule has 1 fully saturated rings. The maximum atomic E-state index is 11.7. The molecule has 0 radical (unpaired) electrons. The average Bonchev–Trinajstić information content (AvgIpc) is 2.86. The van der Waals surface area contributed by atoms with E-state index in [1.165, 1.54) is 12.5 Å². The van der Waals surface area contributed by atoms with Crippen LogP contribution < -0.4 is 5.32 Å². The van der Waals surface area contributed by atoms with Gasteiger partial charge in [-0.2, -0.15) is 0 Å². The number of rotatable bonds is 3. The Balaban J connectivity index is 1.90. The molecule has 1 heterocycles. The molecule has 6 nitrogen and oxygen atoms in total. The fraction of sp³-hybridized carbons (Fsp3) is 0.500. The molecular formula is C10H12N2O4. The second kappa shape index (κ2) is 4.34. The van der Waals surface area contributed by atoms with Crippen LogP contribution in [-0.4, -0.2) is 22.1 Å². The summed E-state index contributed by atoms with van der Waals surface area (Å²) in [6, 6.07) is 0. The van der Waals surface area contributed by atoms with Crippen LogP contribution in [0.1, 0.15) is 19.3 Å². The molecule has 0 saturated heterocycles. The number of carboxylic acids is 1. The van der Waals surface area contributed by atoms with Crippen molar-refractivity contribution in [3.63, 3.8) is 0 Å². The van der Waals surface area contributed by atoms with Gasteiger partial charge in [-0.1, -0.05) is 5.16 Å².